The molecule has 5 nitrogen and oxygen atoms in total. The van der Waals surface area contributed by atoms with Crippen LogP contribution in [0.15, 0.2) is 36.4 Å². The summed E-state index contributed by atoms with van der Waals surface area (Å²) in [6.07, 6.45) is 0.729. The average molecular weight is 273 g/mol. The second kappa shape index (κ2) is 6.68. The Balaban J connectivity index is 2.14. The molecule has 1 aromatic heterocycles. The minimum atomic E-state index is -0.118. The summed E-state index contributed by atoms with van der Waals surface area (Å²) in [4.78, 5) is 15.2. The van der Waals surface area contributed by atoms with Gasteiger partial charge in [0.2, 0.25) is 0 Å². The highest BCUT2D eigenvalue weighted by Crippen LogP contribution is 2.24. The number of hydrogen-bond acceptors (Lipinski definition) is 5. The number of aromatic nitrogens is 1. The van der Waals surface area contributed by atoms with Crippen LogP contribution in [0.4, 0.5) is 0 Å². The van der Waals surface area contributed by atoms with Gasteiger partial charge >= 0.3 is 0 Å². The molecule has 0 aliphatic carbocycles. The molecule has 1 aromatic carbocycles. The van der Waals surface area contributed by atoms with Crippen LogP contribution in [0.3, 0.4) is 0 Å². The first kappa shape index (κ1) is 14.0. The highest BCUT2D eigenvalue weighted by molar-refractivity contribution is 5.79. The number of ether oxygens (including phenoxy) is 2. The van der Waals surface area contributed by atoms with E-state index in [1.165, 1.54) is 0 Å². The molecule has 20 heavy (non-hydrogen) atoms. The van der Waals surface area contributed by atoms with E-state index in [1.807, 2.05) is 0 Å². The number of hydrogen-bond donors (Lipinski definition) is 1. The number of pyridine rings is 1. The quantitative estimate of drug-likeness (QED) is 0.815. The number of carbonyl (C=O) groups excluding carboxylic acids is 1. The maximum absolute atomic E-state index is 11.0. The molecule has 0 saturated heterocycles. The molecular weight excluding hydrogens is 258 g/mol. The molecule has 0 unspecified atom stereocenters. The van der Waals surface area contributed by atoms with Crippen molar-refractivity contribution in [2.45, 2.75) is 13.2 Å². The zero-order chi connectivity index (χ0) is 14.4. The van der Waals surface area contributed by atoms with Crippen LogP contribution >= 0.6 is 0 Å². The Kier molecular flexibility index (Phi) is 4.68. The van der Waals surface area contributed by atoms with Crippen LogP contribution in [0, 0.1) is 0 Å². The second-order valence-electron chi connectivity index (χ2n) is 4.09. The lowest BCUT2D eigenvalue weighted by atomic mass is 10.2. The van der Waals surface area contributed by atoms with Gasteiger partial charge in [0.1, 0.15) is 18.1 Å². The van der Waals surface area contributed by atoms with Gasteiger partial charge < -0.3 is 14.6 Å². The van der Waals surface area contributed by atoms with E-state index < -0.39 is 0 Å². The first-order valence-corrected chi connectivity index (χ1v) is 6.08. The van der Waals surface area contributed by atoms with Crippen LogP contribution in [0.25, 0.3) is 0 Å². The van der Waals surface area contributed by atoms with Gasteiger partial charge in [0.05, 0.1) is 30.7 Å². The Morgan fingerprint density at radius 1 is 1.25 bits per heavy atom. The van der Waals surface area contributed by atoms with Gasteiger partial charge in [-0.25, -0.2) is 0 Å². The van der Waals surface area contributed by atoms with Gasteiger partial charge in [0.25, 0.3) is 0 Å². The van der Waals surface area contributed by atoms with Crippen molar-refractivity contribution in [3.05, 3.63) is 53.3 Å². The van der Waals surface area contributed by atoms with Gasteiger partial charge in [0.15, 0.2) is 6.29 Å². The van der Waals surface area contributed by atoms with Gasteiger partial charge in [-0.1, -0.05) is 6.07 Å². The van der Waals surface area contributed by atoms with E-state index in [9.17, 15) is 4.79 Å². The average Bonchev–Trinajstić information content (AvgIpc) is 2.52. The zero-order valence-corrected chi connectivity index (χ0v) is 11.1. The Morgan fingerprint density at radius 2 is 2.05 bits per heavy atom. The second-order valence-corrected chi connectivity index (χ2v) is 4.09. The number of aliphatic hydroxyl groups is 1. The lowest BCUT2D eigenvalue weighted by molar-refractivity contribution is 0.111. The van der Waals surface area contributed by atoms with Crippen molar-refractivity contribution in [3.8, 4) is 11.5 Å². The predicted molar refractivity (Wildman–Crippen MR) is 72.9 cm³/mol. The SMILES string of the molecule is COc1ccc(C=O)c(OCc2cccc(CO)n2)c1. The fourth-order valence-electron chi connectivity index (χ4n) is 1.71. The molecule has 1 N–H and O–H groups in total. The summed E-state index contributed by atoms with van der Waals surface area (Å²) in [5.41, 5.74) is 1.70. The Bertz CT molecular complexity index is 598. The summed E-state index contributed by atoms with van der Waals surface area (Å²) in [5, 5.41) is 9.03. The van der Waals surface area contributed by atoms with Crippen LogP contribution in [-0.2, 0) is 13.2 Å². The standard InChI is InChI=1S/C15H15NO4/c1-19-14-6-5-11(8-17)15(7-14)20-10-13-4-2-3-12(9-18)16-13/h2-8,18H,9-10H2,1H3. The van der Waals surface area contributed by atoms with E-state index in [0.717, 1.165) is 6.29 Å². The van der Waals surface area contributed by atoms with Gasteiger partial charge in [0, 0.05) is 6.07 Å². The summed E-state index contributed by atoms with van der Waals surface area (Å²) in [6.45, 7) is 0.0917. The largest absolute Gasteiger partial charge is 0.497 e. The number of rotatable bonds is 6. The van der Waals surface area contributed by atoms with Gasteiger partial charge in [-0.05, 0) is 24.3 Å². The molecule has 0 amide bonds. The maximum Gasteiger partial charge on any atom is 0.153 e. The minimum absolute atomic E-state index is 0.118. The van der Waals surface area contributed by atoms with Crippen LogP contribution in [0.2, 0.25) is 0 Å². The van der Waals surface area contributed by atoms with E-state index in [0.29, 0.717) is 28.5 Å². The zero-order valence-electron chi connectivity index (χ0n) is 11.1. The molecule has 0 radical (unpaired) electrons. The van der Waals surface area contributed by atoms with E-state index >= 15 is 0 Å². The summed E-state index contributed by atoms with van der Waals surface area (Å²) in [6, 6.07) is 10.3. The van der Waals surface area contributed by atoms with E-state index in [1.54, 1.807) is 43.5 Å². The maximum atomic E-state index is 11.0. The molecule has 2 rings (SSSR count). The molecular formula is C15H15NO4. The van der Waals surface area contributed by atoms with Crippen LogP contribution < -0.4 is 9.47 Å². The lowest BCUT2D eigenvalue weighted by Crippen LogP contribution is -2.02. The highest BCUT2D eigenvalue weighted by Gasteiger charge is 2.06. The number of aliphatic hydroxyl groups excluding tert-OH is 1. The number of benzene rings is 1. The number of methoxy groups -OCH3 is 1. The third-order valence-corrected chi connectivity index (χ3v) is 2.75. The molecule has 104 valence electrons. The van der Waals surface area contributed by atoms with Crippen molar-refractivity contribution in [2.24, 2.45) is 0 Å². The lowest BCUT2D eigenvalue weighted by Gasteiger charge is -2.10. The van der Waals surface area contributed by atoms with Crippen molar-refractivity contribution >= 4 is 6.29 Å². The predicted octanol–water partition coefficient (Wildman–Crippen LogP) is 1.97. The van der Waals surface area contributed by atoms with E-state index in [2.05, 4.69) is 4.98 Å². The molecule has 0 bridgehead atoms. The minimum Gasteiger partial charge on any atom is -0.497 e. The topological polar surface area (TPSA) is 68.7 Å². The third-order valence-electron chi connectivity index (χ3n) is 2.75. The number of aldehydes is 1. The molecule has 0 fully saturated rings. The molecule has 0 aliphatic heterocycles. The smallest absolute Gasteiger partial charge is 0.153 e. The molecule has 2 aromatic rings. The molecule has 0 saturated carbocycles. The number of carbonyl (C=O) groups is 1. The van der Waals surface area contributed by atoms with E-state index in [-0.39, 0.29) is 13.2 Å². The van der Waals surface area contributed by atoms with Crippen molar-refractivity contribution in [1.82, 2.24) is 4.98 Å². The van der Waals surface area contributed by atoms with Crippen LogP contribution in [-0.4, -0.2) is 23.5 Å². The fraction of sp³-hybridized carbons (Fsp3) is 0.200. The molecule has 0 aliphatic rings. The molecule has 1 heterocycles. The van der Waals surface area contributed by atoms with Crippen molar-refractivity contribution in [1.29, 1.82) is 0 Å². The first-order valence-electron chi connectivity index (χ1n) is 6.08. The summed E-state index contributed by atoms with van der Waals surface area (Å²) in [7, 11) is 1.55. The van der Waals surface area contributed by atoms with E-state index in [4.69, 9.17) is 14.6 Å². The van der Waals surface area contributed by atoms with Gasteiger partial charge in [-0.15, -0.1) is 0 Å². The Labute approximate surface area is 116 Å². The molecule has 0 atom stereocenters. The highest BCUT2D eigenvalue weighted by atomic mass is 16.5. The summed E-state index contributed by atoms with van der Waals surface area (Å²) in [5.74, 6) is 1.05. The summed E-state index contributed by atoms with van der Waals surface area (Å²) < 4.78 is 10.7. The Hall–Kier alpha value is -2.40. The van der Waals surface area contributed by atoms with Crippen molar-refractivity contribution in [3.63, 3.8) is 0 Å². The Morgan fingerprint density at radius 3 is 2.75 bits per heavy atom. The first-order chi connectivity index (χ1) is 9.76. The van der Waals surface area contributed by atoms with Crippen LogP contribution in [0.1, 0.15) is 21.7 Å². The molecule has 0 spiro atoms. The third kappa shape index (κ3) is 3.33. The fourth-order valence-corrected chi connectivity index (χ4v) is 1.71. The van der Waals surface area contributed by atoms with Gasteiger partial charge in [-0.3, -0.25) is 9.78 Å². The van der Waals surface area contributed by atoms with Gasteiger partial charge in [-0.2, -0.15) is 0 Å². The number of nitrogens with zero attached hydrogens (tertiary/aromatic N) is 1. The van der Waals surface area contributed by atoms with Crippen LogP contribution in [0.5, 0.6) is 11.5 Å². The molecule has 5 heteroatoms. The normalized spacial score (nSPS) is 10.1. The summed E-state index contributed by atoms with van der Waals surface area (Å²) >= 11 is 0. The monoisotopic (exact) mass is 273 g/mol. The van der Waals surface area contributed by atoms with Crippen molar-refractivity contribution < 1.29 is 19.4 Å². The van der Waals surface area contributed by atoms with Crippen molar-refractivity contribution in [2.75, 3.05) is 7.11 Å².